The normalized spacial score (nSPS) is 16.8. The molecule has 0 bridgehead atoms. The monoisotopic (exact) mass is 321 g/mol. The fraction of sp³-hybridized carbons (Fsp3) is 0.286. The fourth-order valence-corrected chi connectivity index (χ4v) is 3.39. The van der Waals surface area contributed by atoms with Gasteiger partial charge < -0.3 is 4.74 Å². The van der Waals surface area contributed by atoms with E-state index in [0.717, 1.165) is 24.0 Å². The summed E-state index contributed by atoms with van der Waals surface area (Å²) < 4.78 is 5.10. The highest BCUT2D eigenvalue weighted by Crippen LogP contribution is 2.37. The molecule has 0 fully saturated rings. The highest BCUT2D eigenvalue weighted by molar-refractivity contribution is 5.72. The molecule has 0 aliphatic carbocycles. The summed E-state index contributed by atoms with van der Waals surface area (Å²) in [4.78, 5) is 14.4. The van der Waals surface area contributed by atoms with Crippen molar-refractivity contribution in [2.45, 2.75) is 32.4 Å². The van der Waals surface area contributed by atoms with Crippen LogP contribution < -0.4 is 0 Å². The number of benzene rings is 2. The summed E-state index contributed by atoms with van der Waals surface area (Å²) in [7, 11) is 1.45. The van der Waals surface area contributed by atoms with Gasteiger partial charge in [-0.2, -0.15) is 0 Å². The minimum Gasteiger partial charge on any atom is -0.453 e. The Morgan fingerprint density at radius 1 is 1.12 bits per heavy atom. The van der Waals surface area contributed by atoms with Gasteiger partial charge in [0.1, 0.15) is 0 Å². The van der Waals surface area contributed by atoms with Gasteiger partial charge in [0.05, 0.1) is 19.7 Å². The first kappa shape index (κ1) is 16.3. The van der Waals surface area contributed by atoms with Gasteiger partial charge in [-0.1, -0.05) is 74.0 Å². The van der Waals surface area contributed by atoms with Gasteiger partial charge in [0.25, 0.3) is 0 Å². The Kier molecular flexibility index (Phi) is 4.99. The molecule has 0 saturated carbocycles. The average molecular weight is 321 g/mol. The summed E-state index contributed by atoms with van der Waals surface area (Å²) in [5.41, 5.74) is 4.71. The molecule has 1 unspecified atom stereocenters. The Hall–Kier alpha value is -2.55. The van der Waals surface area contributed by atoms with E-state index in [1.54, 1.807) is 0 Å². The van der Waals surface area contributed by atoms with Crippen LogP contribution in [0, 0.1) is 0 Å². The van der Waals surface area contributed by atoms with Crippen LogP contribution in [0.4, 0.5) is 4.79 Å². The number of carbonyl (C=O) groups is 1. The van der Waals surface area contributed by atoms with Crippen LogP contribution in [-0.4, -0.2) is 18.1 Å². The molecule has 1 heterocycles. The minimum atomic E-state index is -0.289. The molecule has 1 aliphatic heterocycles. The fourth-order valence-electron chi connectivity index (χ4n) is 3.39. The Morgan fingerprint density at radius 2 is 1.83 bits per heavy atom. The van der Waals surface area contributed by atoms with E-state index < -0.39 is 0 Å². The van der Waals surface area contributed by atoms with Crippen LogP contribution in [0.5, 0.6) is 0 Å². The molecule has 0 aromatic heterocycles. The topological polar surface area (TPSA) is 29.5 Å². The lowest BCUT2D eigenvalue weighted by Crippen LogP contribution is -2.34. The first-order valence-corrected chi connectivity index (χ1v) is 8.42. The Balaban J connectivity index is 2.15. The summed E-state index contributed by atoms with van der Waals surface area (Å²) in [6, 6.07) is 18.4. The third-order valence-electron chi connectivity index (χ3n) is 4.46. The molecule has 0 N–H and O–H groups in total. The number of hydrogen-bond acceptors (Lipinski definition) is 2. The highest BCUT2D eigenvalue weighted by Gasteiger charge is 2.31. The van der Waals surface area contributed by atoms with E-state index >= 15 is 0 Å². The van der Waals surface area contributed by atoms with Gasteiger partial charge in [0.2, 0.25) is 0 Å². The molecule has 2 aromatic carbocycles. The van der Waals surface area contributed by atoms with E-state index in [-0.39, 0.29) is 12.1 Å². The molecular weight excluding hydrogens is 298 g/mol. The van der Waals surface area contributed by atoms with Gasteiger partial charge in [-0.25, -0.2) is 4.79 Å². The molecule has 3 heteroatoms. The standard InChI is InChI=1S/C21H23NO2/c1-3-9-18-14-17-12-7-8-13-19(17)15-22(21(23)24-2)20(18)16-10-5-4-6-11-16/h4-8,10-14,20H,3,9,15H2,1-2H3. The number of rotatable bonds is 3. The molecule has 3 rings (SSSR count). The predicted octanol–water partition coefficient (Wildman–Crippen LogP) is 5.19. The van der Waals surface area contributed by atoms with E-state index in [1.807, 2.05) is 35.2 Å². The number of ether oxygens (including phenoxy) is 1. The number of methoxy groups -OCH3 is 1. The van der Waals surface area contributed by atoms with Crippen molar-refractivity contribution in [2.75, 3.05) is 7.11 Å². The smallest absolute Gasteiger partial charge is 0.410 e. The lowest BCUT2D eigenvalue weighted by atomic mass is 9.93. The molecule has 0 saturated heterocycles. The molecule has 0 radical (unpaired) electrons. The number of carbonyl (C=O) groups excluding carboxylic acids is 1. The SMILES string of the molecule is CCCC1=Cc2ccccc2CN(C(=O)OC)C1c1ccccc1. The van der Waals surface area contributed by atoms with Gasteiger partial charge in [-0.3, -0.25) is 4.90 Å². The molecule has 2 aromatic rings. The third-order valence-corrected chi connectivity index (χ3v) is 4.46. The lowest BCUT2D eigenvalue weighted by Gasteiger charge is -2.31. The molecule has 1 atom stereocenters. The predicted molar refractivity (Wildman–Crippen MR) is 96.5 cm³/mol. The number of hydrogen-bond donors (Lipinski definition) is 0. The minimum absolute atomic E-state index is 0.0917. The molecule has 1 amide bonds. The van der Waals surface area contributed by atoms with E-state index in [0.29, 0.717) is 6.54 Å². The van der Waals surface area contributed by atoms with Crippen LogP contribution in [0.2, 0.25) is 0 Å². The second kappa shape index (κ2) is 7.35. The summed E-state index contributed by atoms with van der Waals surface area (Å²) >= 11 is 0. The van der Waals surface area contributed by atoms with E-state index in [4.69, 9.17) is 4.74 Å². The first-order chi connectivity index (χ1) is 11.7. The van der Waals surface area contributed by atoms with E-state index in [9.17, 15) is 4.79 Å². The van der Waals surface area contributed by atoms with Crippen molar-refractivity contribution < 1.29 is 9.53 Å². The van der Waals surface area contributed by atoms with E-state index in [2.05, 4.69) is 37.3 Å². The largest absolute Gasteiger partial charge is 0.453 e. The average Bonchev–Trinajstić information content (AvgIpc) is 2.78. The molecule has 1 aliphatic rings. The molecule has 0 spiro atoms. The number of nitrogens with zero attached hydrogens (tertiary/aromatic N) is 1. The number of amides is 1. The first-order valence-electron chi connectivity index (χ1n) is 8.42. The maximum absolute atomic E-state index is 12.5. The summed E-state index contributed by atoms with van der Waals surface area (Å²) in [5.74, 6) is 0. The van der Waals surface area contributed by atoms with Gasteiger partial charge >= 0.3 is 6.09 Å². The summed E-state index contributed by atoms with van der Waals surface area (Å²) in [5, 5.41) is 0. The van der Waals surface area contributed by atoms with Crippen LogP contribution in [0.3, 0.4) is 0 Å². The molecule has 3 nitrogen and oxygen atoms in total. The summed E-state index contributed by atoms with van der Waals surface area (Å²) in [6.45, 7) is 2.72. The zero-order chi connectivity index (χ0) is 16.9. The maximum atomic E-state index is 12.5. The van der Waals surface area contributed by atoms with Gasteiger partial charge in [0, 0.05) is 0 Å². The highest BCUT2D eigenvalue weighted by atomic mass is 16.5. The summed E-state index contributed by atoms with van der Waals surface area (Å²) in [6.07, 6.45) is 3.94. The number of fused-ring (bicyclic) bond motifs is 1. The molecule has 124 valence electrons. The van der Waals surface area contributed by atoms with Gasteiger partial charge in [-0.15, -0.1) is 0 Å². The van der Waals surface area contributed by atoms with Crippen molar-refractivity contribution in [3.05, 3.63) is 76.9 Å². The quantitative estimate of drug-likeness (QED) is 0.778. The Labute approximate surface area is 143 Å². The third kappa shape index (κ3) is 3.21. The van der Waals surface area contributed by atoms with Crippen LogP contribution in [0.15, 0.2) is 60.2 Å². The van der Waals surface area contributed by atoms with Crippen molar-refractivity contribution in [3.63, 3.8) is 0 Å². The second-order valence-electron chi connectivity index (χ2n) is 6.08. The van der Waals surface area contributed by atoms with Crippen molar-refractivity contribution in [2.24, 2.45) is 0 Å². The van der Waals surface area contributed by atoms with E-state index in [1.165, 1.54) is 18.2 Å². The maximum Gasteiger partial charge on any atom is 0.410 e. The van der Waals surface area contributed by atoms with Crippen molar-refractivity contribution in [1.29, 1.82) is 0 Å². The van der Waals surface area contributed by atoms with Crippen LogP contribution in [0.1, 0.15) is 42.5 Å². The van der Waals surface area contributed by atoms with Crippen LogP contribution >= 0.6 is 0 Å². The van der Waals surface area contributed by atoms with Crippen molar-refractivity contribution in [3.8, 4) is 0 Å². The van der Waals surface area contributed by atoms with Crippen molar-refractivity contribution in [1.82, 2.24) is 4.90 Å². The zero-order valence-electron chi connectivity index (χ0n) is 14.2. The molecular formula is C21H23NO2. The lowest BCUT2D eigenvalue weighted by molar-refractivity contribution is 0.108. The Morgan fingerprint density at radius 3 is 2.54 bits per heavy atom. The second-order valence-corrected chi connectivity index (χ2v) is 6.08. The van der Waals surface area contributed by atoms with Gasteiger partial charge in [0.15, 0.2) is 0 Å². The van der Waals surface area contributed by atoms with Crippen LogP contribution in [-0.2, 0) is 11.3 Å². The zero-order valence-corrected chi connectivity index (χ0v) is 14.2. The van der Waals surface area contributed by atoms with Crippen LogP contribution in [0.25, 0.3) is 6.08 Å². The molecule has 24 heavy (non-hydrogen) atoms. The Bertz CT molecular complexity index is 737. The van der Waals surface area contributed by atoms with Crippen molar-refractivity contribution >= 4 is 12.2 Å². The van der Waals surface area contributed by atoms with Gasteiger partial charge in [-0.05, 0) is 28.7 Å².